The van der Waals surface area contributed by atoms with E-state index in [0.29, 0.717) is 6.54 Å². The highest BCUT2D eigenvalue weighted by Crippen LogP contribution is 2.18. The first-order chi connectivity index (χ1) is 9.65. The second-order valence-corrected chi connectivity index (χ2v) is 5.71. The number of likely N-dealkylation sites (tertiary alicyclic amines) is 1. The number of amides is 1. The minimum absolute atomic E-state index is 0.167. The lowest BCUT2D eigenvalue weighted by Crippen LogP contribution is -2.40. The van der Waals surface area contributed by atoms with Crippen molar-refractivity contribution in [2.24, 2.45) is 5.92 Å². The van der Waals surface area contributed by atoms with Crippen molar-refractivity contribution in [3.63, 3.8) is 0 Å². The second-order valence-electron chi connectivity index (χ2n) is 5.71. The fraction of sp³-hybridized carbons (Fsp3) is 0.471. The summed E-state index contributed by atoms with van der Waals surface area (Å²) in [6.07, 6.45) is 1.90. The summed E-state index contributed by atoms with van der Waals surface area (Å²) in [7, 11) is 0. The van der Waals surface area contributed by atoms with Crippen LogP contribution in [-0.2, 0) is 11.3 Å². The van der Waals surface area contributed by atoms with Gasteiger partial charge in [-0.25, -0.2) is 0 Å². The molecule has 1 amide bonds. The molecule has 1 aliphatic heterocycles. The van der Waals surface area contributed by atoms with E-state index in [-0.39, 0.29) is 11.8 Å². The Balaban J connectivity index is 1.73. The van der Waals surface area contributed by atoms with Gasteiger partial charge < -0.3 is 5.32 Å². The van der Waals surface area contributed by atoms with Crippen LogP contribution in [0.2, 0.25) is 0 Å². The molecule has 1 aliphatic rings. The van der Waals surface area contributed by atoms with Crippen LogP contribution in [0.5, 0.6) is 0 Å². The molecular weight excluding hydrogens is 248 g/mol. The molecule has 108 valence electrons. The first-order valence-electron chi connectivity index (χ1n) is 7.33. The van der Waals surface area contributed by atoms with Crippen molar-refractivity contribution in [1.82, 2.24) is 10.2 Å². The third-order valence-electron chi connectivity index (χ3n) is 3.76. The zero-order chi connectivity index (χ0) is 14.4. The lowest BCUT2D eigenvalue weighted by molar-refractivity contribution is -0.126. The van der Waals surface area contributed by atoms with Crippen molar-refractivity contribution < 1.29 is 4.79 Å². The van der Waals surface area contributed by atoms with Crippen LogP contribution in [0.15, 0.2) is 42.5 Å². The van der Waals surface area contributed by atoms with E-state index in [2.05, 4.69) is 23.7 Å². The quantitative estimate of drug-likeness (QED) is 0.836. The number of nitrogens with one attached hydrogen (secondary N) is 1. The number of piperidine rings is 1. The minimum Gasteiger partial charge on any atom is -0.352 e. The van der Waals surface area contributed by atoms with Gasteiger partial charge in [-0.1, -0.05) is 42.5 Å². The lowest BCUT2D eigenvalue weighted by Gasteiger charge is -2.31. The third-order valence-corrected chi connectivity index (χ3v) is 3.76. The summed E-state index contributed by atoms with van der Waals surface area (Å²) in [4.78, 5) is 14.5. The Labute approximate surface area is 121 Å². The zero-order valence-corrected chi connectivity index (χ0v) is 12.3. The number of carbonyl (C=O) groups excluding carboxylic acids is 1. The average Bonchev–Trinajstić information content (AvgIpc) is 2.46. The van der Waals surface area contributed by atoms with E-state index in [1.165, 1.54) is 5.57 Å². The van der Waals surface area contributed by atoms with Gasteiger partial charge in [-0.3, -0.25) is 9.69 Å². The number of rotatable bonds is 5. The van der Waals surface area contributed by atoms with E-state index in [1.807, 2.05) is 30.3 Å². The molecule has 0 atom stereocenters. The molecule has 0 bridgehead atoms. The fourth-order valence-electron chi connectivity index (χ4n) is 2.66. The van der Waals surface area contributed by atoms with E-state index < -0.39 is 0 Å². The van der Waals surface area contributed by atoms with Crippen LogP contribution in [-0.4, -0.2) is 30.4 Å². The van der Waals surface area contributed by atoms with Gasteiger partial charge >= 0.3 is 0 Å². The van der Waals surface area contributed by atoms with Crippen LogP contribution in [0.25, 0.3) is 0 Å². The molecule has 0 unspecified atom stereocenters. The van der Waals surface area contributed by atoms with Crippen LogP contribution < -0.4 is 5.32 Å². The number of hydrogen-bond acceptors (Lipinski definition) is 2. The van der Waals surface area contributed by atoms with Gasteiger partial charge in [-0.15, -0.1) is 0 Å². The summed E-state index contributed by atoms with van der Waals surface area (Å²) in [5.41, 5.74) is 2.34. The average molecular weight is 272 g/mol. The van der Waals surface area contributed by atoms with Gasteiger partial charge in [0.05, 0.1) is 0 Å². The Morgan fingerprint density at radius 1 is 1.30 bits per heavy atom. The highest BCUT2D eigenvalue weighted by Gasteiger charge is 2.24. The number of benzene rings is 1. The maximum atomic E-state index is 12.2. The van der Waals surface area contributed by atoms with Crippen LogP contribution in [0.4, 0.5) is 0 Å². The summed E-state index contributed by atoms with van der Waals surface area (Å²) in [5, 5.41) is 3.05. The summed E-state index contributed by atoms with van der Waals surface area (Å²) < 4.78 is 0. The van der Waals surface area contributed by atoms with Crippen LogP contribution in [0.1, 0.15) is 25.3 Å². The molecule has 0 aliphatic carbocycles. The Morgan fingerprint density at radius 3 is 2.55 bits per heavy atom. The standard InChI is InChI=1S/C17H24N2O/c1-14(2)13-19-10-8-16(9-11-19)17(20)18-12-15-6-4-3-5-7-15/h3-7,16H,1,8-13H2,2H3,(H,18,20). The van der Waals surface area contributed by atoms with Crippen molar-refractivity contribution >= 4 is 5.91 Å². The van der Waals surface area contributed by atoms with E-state index in [1.54, 1.807) is 0 Å². The highest BCUT2D eigenvalue weighted by molar-refractivity contribution is 5.78. The Bertz CT molecular complexity index is 447. The molecule has 3 nitrogen and oxygen atoms in total. The number of carbonyl (C=O) groups is 1. The Morgan fingerprint density at radius 2 is 1.95 bits per heavy atom. The molecule has 0 spiro atoms. The second kappa shape index (κ2) is 7.25. The van der Waals surface area contributed by atoms with Crippen molar-refractivity contribution in [3.05, 3.63) is 48.0 Å². The zero-order valence-electron chi connectivity index (χ0n) is 12.3. The van der Waals surface area contributed by atoms with Gasteiger partial charge in [-0.2, -0.15) is 0 Å². The largest absolute Gasteiger partial charge is 0.352 e. The van der Waals surface area contributed by atoms with Gasteiger partial charge in [0, 0.05) is 19.0 Å². The van der Waals surface area contributed by atoms with Crippen LogP contribution in [0, 0.1) is 5.92 Å². The SMILES string of the molecule is C=C(C)CN1CCC(C(=O)NCc2ccccc2)CC1. The molecule has 0 aromatic heterocycles. The molecule has 1 fully saturated rings. The van der Waals surface area contributed by atoms with Gasteiger partial charge in [-0.05, 0) is 38.4 Å². The Hall–Kier alpha value is -1.61. The van der Waals surface area contributed by atoms with Crippen LogP contribution >= 0.6 is 0 Å². The van der Waals surface area contributed by atoms with Crippen molar-refractivity contribution in [3.8, 4) is 0 Å². The predicted molar refractivity (Wildman–Crippen MR) is 82.3 cm³/mol. The third kappa shape index (κ3) is 4.49. The lowest BCUT2D eigenvalue weighted by atomic mass is 9.95. The summed E-state index contributed by atoms with van der Waals surface area (Å²) in [5.74, 6) is 0.365. The molecule has 1 heterocycles. The maximum absolute atomic E-state index is 12.2. The monoisotopic (exact) mass is 272 g/mol. The van der Waals surface area contributed by atoms with Crippen molar-refractivity contribution in [1.29, 1.82) is 0 Å². The van der Waals surface area contributed by atoms with Gasteiger partial charge in [0.15, 0.2) is 0 Å². The van der Waals surface area contributed by atoms with Gasteiger partial charge in [0.25, 0.3) is 0 Å². The predicted octanol–water partition coefficient (Wildman–Crippen LogP) is 2.59. The molecule has 0 saturated carbocycles. The van der Waals surface area contributed by atoms with E-state index >= 15 is 0 Å². The summed E-state index contributed by atoms with van der Waals surface area (Å²) in [6.45, 7) is 9.58. The van der Waals surface area contributed by atoms with Crippen molar-refractivity contribution in [2.45, 2.75) is 26.3 Å². The Kier molecular flexibility index (Phi) is 5.36. The number of hydrogen-bond donors (Lipinski definition) is 1. The normalized spacial score (nSPS) is 16.9. The highest BCUT2D eigenvalue weighted by atomic mass is 16.1. The smallest absolute Gasteiger partial charge is 0.223 e. The summed E-state index contributed by atoms with van der Waals surface area (Å²) >= 11 is 0. The first-order valence-corrected chi connectivity index (χ1v) is 7.33. The summed E-state index contributed by atoms with van der Waals surface area (Å²) in [6, 6.07) is 10.1. The molecule has 0 radical (unpaired) electrons. The molecule has 3 heteroatoms. The van der Waals surface area contributed by atoms with E-state index in [4.69, 9.17) is 0 Å². The van der Waals surface area contributed by atoms with E-state index in [0.717, 1.165) is 38.0 Å². The molecular formula is C17H24N2O. The van der Waals surface area contributed by atoms with Gasteiger partial charge in [0.1, 0.15) is 0 Å². The molecule has 2 rings (SSSR count). The maximum Gasteiger partial charge on any atom is 0.223 e. The number of nitrogens with zero attached hydrogens (tertiary/aromatic N) is 1. The molecule has 1 saturated heterocycles. The van der Waals surface area contributed by atoms with Gasteiger partial charge in [0.2, 0.25) is 5.91 Å². The minimum atomic E-state index is 0.167. The van der Waals surface area contributed by atoms with Crippen LogP contribution in [0.3, 0.4) is 0 Å². The molecule has 1 N–H and O–H groups in total. The van der Waals surface area contributed by atoms with E-state index in [9.17, 15) is 4.79 Å². The first kappa shape index (κ1) is 14.8. The molecule has 1 aromatic carbocycles. The van der Waals surface area contributed by atoms with Crippen molar-refractivity contribution in [2.75, 3.05) is 19.6 Å². The molecule has 1 aromatic rings. The fourth-order valence-corrected chi connectivity index (χ4v) is 2.66. The molecule has 20 heavy (non-hydrogen) atoms. The topological polar surface area (TPSA) is 32.3 Å².